The van der Waals surface area contributed by atoms with E-state index in [1.807, 2.05) is 38.4 Å². The van der Waals surface area contributed by atoms with Crippen molar-refractivity contribution < 1.29 is 21.9 Å². The van der Waals surface area contributed by atoms with Crippen LogP contribution in [0, 0.1) is 11.8 Å². The molecule has 5 N–H and O–H groups in total. The Kier molecular flexibility index (Phi) is 14.9. The van der Waals surface area contributed by atoms with Crippen LogP contribution < -0.4 is 20.1 Å². The molecule has 286 valence electrons. The third-order valence-corrected chi connectivity index (χ3v) is 12.1. The van der Waals surface area contributed by atoms with Crippen LogP contribution in [0.2, 0.25) is 0 Å². The van der Waals surface area contributed by atoms with Crippen LogP contribution >= 0.6 is 15.9 Å². The maximum absolute atomic E-state index is 12.9. The van der Waals surface area contributed by atoms with Gasteiger partial charge >= 0.3 is 0 Å². The minimum atomic E-state index is -3.78. The van der Waals surface area contributed by atoms with E-state index in [-0.39, 0.29) is 28.3 Å². The molecule has 0 saturated carbocycles. The molecule has 2 unspecified atom stereocenters. The Morgan fingerprint density at radius 2 is 1.31 bits per heavy atom. The summed E-state index contributed by atoms with van der Waals surface area (Å²) in [5.74, 6) is 1.16. The Hall–Kier alpha value is -3.74. The molecule has 0 fully saturated rings. The normalized spacial score (nSPS) is 19.2. The average Bonchev–Trinajstić information content (AvgIpc) is 3.94. The van der Waals surface area contributed by atoms with Gasteiger partial charge in [-0.3, -0.25) is 9.98 Å². The van der Waals surface area contributed by atoms with Gasteiger partial charge in [0.1, 0.15) is 4.90 Å². The Bertz CT molecular complexity index is 1890. The molecule has 2 aromatic rings. The molecule has 0 aromatic heterocycles. The number of rotatable bonds is 8. The van der Waals surface area contributed by atoms with E-state index in [1.54, 1.807) is 35.1 Å². The van der Waals surface area contributed by atoms with E-state index in [9.17, 15) is 16.8 Å². The number of benzene rings is 2. The molecular formula is C34H51BrN10O5S2. The minimum absolute atomic E-state index is 0.194. The second kappa shape index (κ2) is 18.8. The van der Waals surface area contributed by atoms with E-state index in [0.717, 1.165) is 61.3 Å². The Labute approximate surface area is 316 Å². The SMILES string of the molecule is CCN=C(NS(=O)(=O)c1cc2c(cc1Br)CCN2)N1CC(CC)C=N1.CCN=C(NS(=O)(=O)c1ccc2c(c1)NCC2)N1CC(CC)C=N1.CCO. The molecule has 15 nitrogen and oxygen atoms in total. The number of aliphatic hydroxyl groups excluding tert-OH is 1. The highest BCUT2D eigenvalue weighted by Crippen LogP contribution is 2.32. The van der Waals surface area contributed by atoms with Gasteiger partial charge in [-0.25, -0.2) is 36.3 Å². The van der Waals surface area contributed by atoms with Gasteiger partial charge in [-0.1, -0.05) is 19.9 Å². The molecule has 0 aliphatic carbocycles. The maximum atomic E-state index is 12.9. The second-order valence-electron chi connectivity index (χ2n) is 12.3. The lowest BCUT2D eigenvalue weighted by atomic mass is 10.1. The van der Waals surface area contributed by atoms with Crippen molar-refractivity contribution in [3.63, 3.8) is 0 Å². The topological polar surface area (TPSA) is 193 Å². The number of aliphatic hydroxyl groups is 1. The quantitative estimate of drug-likeness (QED) is 0.193. The summed E-state index contributed by atoms with van der Waals surface area (Å²) in [6, 6.07) is 8.71. The predicted octanol–water partition coefficient (Wildman–Crippen LogP) is 4.03. The van der Waals surface area contributed by atoms with Gasteiger partial charge in [0, 0.05) is 72.9 Å². The van der Waals surface area contributed by atoms with Crippen LogP contribution in [0.15, 0.2) is 64.8 Å². The van der Waals surface area contributed by atoms with Gasteiger partial charge in [-0.05, 0) is 97.8 Å². The fourth-order valence-electron chi connectivity index (χ4n) is 5.66. The first-order valence-corrected chi connectivity index (χ1v) is 21.5. The van der Waals surface area contributed by atoms with Crippen molar-refractivity contribution in [1.82, 2.24) is 19.5 Å². The van der Waals surface area contributed by atoms with Crippen LogP contribution in [0.25, 0.3) is 0 Å². The summed E-state index contributed by atoms with van der Waals surface area (Å²) < 4.78 is 57.0. The number of nitrogens with one attached hydrogen (secondary N) is 4. The van der Waals surface area contributed by atoms with Crippen molar-refractivity contribution in [2.75, 3.05) is 56.5 Å². The van der Waals surface area contributed by atoms with E-state index in [1.165, 1.54) is 0 Å². The zero-order chi connectivity index (χ0) is 37.9. The molecule has 2 atom stereocenters. The highest BCUT2D eigenvalue weighted by Gasteiger charge is 2.28. The molecular weight excluding hydrogens is 772 g/mol. The number of guanidine groups is 2. The molecule has 0 radical (unpaired) electrons. The number of aliphatic imine (C=N–C) groups is 2. The monoisotopic (exact) mass is 822 g/mol. The summed E-state index contributed by atoms with van der Waals surface area (Å²) in [6.45, 7) is 13.7. The van der Waals surface area contributed by atoms with Crippen molar-refractivity contribution in [2.45, 2.75) is 70.1 Å². The summed E-state index contributed by atoms with van der Waals surface area (Å²) in [5.41, 5.74) is 4.01. The molecule has 4 aliphatic heterocycles. The Morgan fingerprint density at radius 3 is 1.81 bits per heavy atom. The van der Waals surface area contributed by atoms with Gasteiger partial charge in [0.05, 0.1) is 18.0 Å². The lowest BCUT2D eigenvalue weighted by Crippen LogP contribution is -2.41. The van der Waals surface area contributed by atoms with E-state index in [2.05, 4.69) is 70.0 Å². The lowest BCUT2D eigenvalue weighted by molar-refractivity contribution is 0.318. The van der Waals surface area contributed by atoms with Crippen LogP contribution in [0.5, 0.6) is 0 Å². The van der Waals surface area contributed by atoms with Crippen molar-refractivity contribution in [3.8, 4) is 0 Å². The third kappa shape index (κ3) is 10.4. The number of anilines is 2. The molecule has 0 saturated heterocycles. The van der Waals surface area contributed by atoms with Crippen molar-refractivity contribution in [1.29, 1.82) is 0 Å². The van der Waals surface area contributed by atoms with Gasteiger partial charge in [-0.15, -0.1) is 0 Å². The minimum Gasteiger partial charge on any atom is -0.397 e. The number of halogens is 1. The number of hydrogen-bond donors (Lipinski definition) is 5. The van der Waals surface area contributed by atoms with E-state index in [4.69, 9.17) is 5.11 Å². The molecule has 0 bridgehead atoms. The Balaban J connectivity index is 0.000000217. The number of hydrazone groups is 2. The van der Waals surface area contributed by atoms with Crippen LogP contribution in [0.1, 0.15) is 58.6 Å². The van der Waals surface area contributed by atoms with Gasteiger partial charge in [-0.2, -0.15) is 10.2 Å². The molecule has 52 heavy (non-hydrogen) atoms. The molecule has 0 amide bonds. The molecule has 0 spiro atoms. The summed E-state index contributed by atoms with van der Waals surface area (Å²) in [6.07, 6.45) is 7.42. The summed E-state index contributed by atoms with van der Waals surface area (Å²) in [5, 5.41) is 25.8. The highest BCUT2D eigenvalue weighted by molar-refractivity contribution is 9.10. The summed E-state index contributed by atoms with van der Waals surface area (Å²) in [4.78, 5) is 9.00. The van der Waals surface area contributed by atoms with E-state index >= 15 is 0 Å². The first kappa shape index (κ1) is 41.0. The lowest BCUT2D eigenvalue weighted by Gasteiger charge is -2.20. The van der Waals surface area contributed by atoms with Crippen LogP contribution in [0.3, 0.4) is 0 Å². The molecule has 6 rings (SSSR count). The van der Waals surface area contributed by atoms with E-state index in [0.29, 0.717) is 42.5 Å². The number of fused-ring (bicyclic) bond motifs is 2. The first-order valence-electron chi connectivity index (χ1n) is 17.7. The van der Waals surface area contributed by atoms with Gasteiger partial charge in [0.2, 0.25) is 11.9 Å². The average molecular weight is 824 g/mol. The molecule has 4 heterocycles. The van der Waals surface area contributed by atoms with Crippen LogP contribution in [0.4, 0.5) is 11.4 Å². The van der Waals surface area contributed by atoms with Crippen molar-refractivity contribution >= 4 is 71.7 Å². The standard InChI is InChI=1S/C16H22BrN5O2S.C16H23N5O2S.C2H6O/c1-3-11-9-20-22(10-11)16(18-4-2)21-25(23,24)15-8-14-12(5-6-19-14)7-13(15)17;1-3-12-10-19-21(11-12)16(17-4-2)20-24(22,23)14-6-5-13-7-8-18-15(13)9-14;1-2-3/h7-9,11,19H,3-6,10H2,1-2H3,(H,18,21);5-6,9-10,12,18H,3-4,7-8,11H2,1-2H3,(H,17,20);3H,2H2,1H3. The third-order valence-electron chi connectivity index (χ3n) is 8.51. The van der Waals surface area contributed by atoms with Crippen molar-refractivity contribution in [3.05, 3.63) is 45.9 Å². The first-order chi connectivity index (χ1) is 24.9. The number of nitrogens with zero attached hydrogens (tertiary/aromatic N) is 6. The smallest absolute Gasteiger partial charge is 0.265 e. The van der Waals surface area contributed by atoms with E-state index < -0.39 is 20.0 Å². The van der Waals surface area contributed by atoms with Crippen LogP contribution in [-0.4, -0.2) is 102 Å². The van der Waals surface area contributed by atoms with Gasteiger partial charge in [0.25, 0.3) is 20.0 Å². The zero-order valence-electron chi connectivity index (χ0n) is 30.4. The Morgan fingerprint density at radius 1 is 0.808 bits per heavy atom. The summed E-state index contributed by atoms with van der Waals surface area (Å²) >= 11 is 3.39. The fraction of sp³-hybridized carbons (Fsp3) is 0.529. The molecule has 4 aliphatic rings. The fourth-order valence-corrected chi connectivity index (χ4v) is 8.85. The predicted molar refractivity (Wildman–Crippen MR) is 212 cm³/mol. The maximum Gasteiger partial charge on any atom is 0.265 e. The molecule has 18 heteroatoms. The number of sulfonamides is 2. The van der Waals surface area contributed by atoms with Gasteiger partial charge in [0.15, 0.2) is 0 Å². The van der Waals surface area contributed by atoms with Crippen LogP contribution in [-0.2, 0) is 32.9 Å². The molecule has 2 aromatic carbocycles. The van der Waals surface area contributed by atoms with Crippen molar-refractivity contribution in [2.24, 2.45) is 32.0 Å². The second-order valence-corrected chi connectivity index (χ2v) is 16.5. The number of hydrogen-bond acceptors (Lipinski definition) is 11. The zero-order valence-corrected chi connectivity index (χ0v) is 33.7. The highest BCUT2D eigenvalue weighted by atomic mass is 79.9. The largest absolute Gasteiger partial charge is 0.397 e. The van der Waals surface area contributed by atoms with Gasteiger partial charge < -0.3 is 15.7 Å². The summed E-state index contributed by atoms with van der Waals surface area (Å²) in [7, 11) is -7.48.